The molecule has 1 aliphatic heterocycles. The Hall–Kier alpha value is -2.20. The highest BCUT2D eigenvalue weighted by Gasteiger charge is 2.29. The average molecular weight is 439 g/mol. The van der Waals surface area contributed by atoms with Gasteiger partial charge in [0.25, 0.3) is 5.91 Å². The van der Waals surface area contributed by atoms with Crippen molar-refractivity contribution in [3.63, 3.8) is 0 Å². The highest BCUT2D eigenvalue weighted by Crippen LogP contribution is 2.34. The van der Waals surface area contributed by atoms with Gasteiger partial charge in [-0.1, -0.05) is 11.3 Å². The Morgan fingerprint density at radius 3 is 2.48 bits per heavy atom. The molecule has 10 heteroatoms. The number of nitrogens with zero attached hydrogens (tertiary/aromatic N) is 4. The van der Waals surface area contributed by atoms with Gasteiger partial charge in [0.15, 0.2) is 5.13 Å². The molecule has 0 N–H and O–H groups in total. The maximum Gasteiger partial charge on any atom is 0.309 e. The standard InChI is InChI=1S/C19H26N4O4S2/c1-5-27-18(26)12-6-8-23(9-7-12)15(24)11-22(4)17(25)14-10-13-16(28-14)20-19(29-13)21(2)3/h10,12H,5-9,11H2,1-4H3. The van der Waals surface area contributed by atoms with E-state index in [2.05, 4.69) is 4.98 Å². The van der Waals surface area contributed by atoms with Gasteiger partial charge in [-0.3, -0.25) is 14.4 Å². The second-order valence-electron chi connectivity index (χ2n) is 7.24. The first kappa shape index (κ1) is 21.5. The summed E-state index contributed by atoms with van der Waals surface area (Å²) in [6.45, 7) is 3.20. The van der Waals surface area contributed by atoms with Gasteiger partial charge in [-0.05, 0) is 25.8 Å². The molecule has 0 aromatic carbocycles. The Bertz CT molecular complexity index is 868. The van der Waals surface area contributed by atoms with Crippen LogP contribution in [0.2, 0.25) is 0 Å². The third-order valence-electron chi connectivity index (χ3n) is 4.86. The summed E-state index contributed by atoms with van der Waals surface area (Å²) in [4.78, 5) is 48.2. The number of rotatable bonds is 6. The van der Waals surface area contributed by atoms with Gasteiger partial charge in [0, 0.05) is 34.2 Å². The smallest absolute Gasteiger partial charge is 0.309 e. The Kier molecular flexibility index (Phi) is 6.74. The molecule has 1 saturated heterocycles. The zero-order valence-corrected chi connectivity index (χ0v) is 18.8. The molecule has 29 heavy (non-hydrogen) atoms. The Morgan fingerprint density at radius 1 is 1.21 bits per heavy atom. The Balaban J connectivity index is 1.55. The zero-order chi connectivity index (χ0) is 21.1. The number of carbonyl (C=O) groups excluding carboxylic acids is 3. The fraction of sp³-hybridized carbons (Fsp3) is 0.579. The lowest BCUT2D eigenvalue weighted by molar-refractivity contribution is -0.151. The van der Waals surface area contributed by atoms with Gasteiger partial charge in [-0.25, -0.2) is 4.98 Å². The number of aromatic nitrogens is 1. The molecule has 2 aromatic rings. The van der Waals surface area contributed by atoms with E-state index in [0.717, 1.165) is 14.7 Å². The number of fused-ring (bicyclic) bond motifs is 1. The number of amides is 2. The third kappa shape index (κ3) is 4.87. The van der Waals surface area contributed by atoms with Crippen LogP contribution >= 0.6 is 22.7 Å². The molecule has 3 rings (SSSR count). The lowest BCUT2D eigenvalue weighted by Crippen LogP contribution is -2.45. The molecule has 158 valence electrons. The summed E-state index contributed by atoms with van der Waals surface area (Å²) in [6, 6.07) is 1.85. The lowest BCUT2D eigenvalue weighted by atomic mass is 9.97. The molecule has 3 heterocycles. The number of carbonyl (C=O) groups is 3. The molecule has 0 spiro atoms. The summed E-state index contributed by atoms with van der Waals surface area (Å²) in [6.07, 6.45) is 1.20. The minimum Gasteiger partial charge on any atom is -0.466 e. The van der Waals surface area contributed by atoms with Crippen molar-refractivity contribution in [1.29, 1.82) is 0 Å². The maximum atomic E-state index is 12.7. The number of likely N-dealkylation sites (N-methyl/N-ethyl adjacent to an activating group) is 1. The van der Waals surface area contributed by atoms with Crippen LogP contribution in [0.3, 0.4) is 0 Å². The van der Waals surface area contributed by atoms with E-state index in [-0.39, 0.29) is 30.2 Å². The lowest BCUT2D eigenvalue weighted by Gasteiger charge is -2.32. The molecule has 0 saturated carbocycles. The van der Waals surface area contributed by atoms with Crippen molar-refractivity contribution in [3.05, 3.63) is 10.9 Å². The van der Waals surface area contributed by atoms with Crippen LogP contribution < -0.4 is 4.90 Å². The summed E-state index contributed by atoms with van der Waals surface area (Å²) in [5.74, 6) is -0.608. The summed E-state index contributed by atoms with van der Waals surface area (Å²) >= 11 is 2.89. The van der Waals surface area contributed by atoms with Crippen molar-refractivity contribution in [2.24, 2.45) is 5.92 Å². The van der Waals surface area contributed by atoms with Crippen LogP contribution in [-0.2, 0) is 14.3 Å². The van der Waals surface area contributed by atoms with Gasteiger partial charge < -0.3 is 19.4 Å². The zero-order valence-electron chi connectivity index (χ0n) is 17.1. The normalized spacial score (nSPS) is 14.8. The molecule has 0 radical (unpaired) electrons. The number of piperidine rings is 1. The van der Waals surface area contributed by atoms with E-state index in [1.54, 1.807) is 18.9 Å². The third-order valence-corrected chi connectivity index (χ3v) is 7.17. The van der Waals surface area contributed by atoms with Crippen LogP contribution in [0.1, 0.15) is 29.4 Å². The number of thiazole rings is 1. The van der Waals surface area contributed by atoms with Gasteiger partial charge >= 0.3 is 5.97 Å². The van der Waals surface area contributed by atoms with Gasteiger partial charge in [0.1, 0.15) is 4.83 Å². The number of esters is 1. The Labute approximate surface area is 178 Å². The van der Waals surface area contributed by atoms with E-state index in [9.17, 15) is 14.4 Å². The van der Waals surface area contributed by atoms with Gasteiger partial charge in [-0.2, -0.15) is 0 Å². The van der Waals surface area contributed by atoms with E-state index in [4.69, 9.17) is 4.74 Å². The first-order valence-electron chi connectivity index (χ1n) is 9.57. The van der Waals surface area contributed by atoms with E-state index in [0.29, 0.717) is 37.4 Å². The number of thiophene rings is 1. The number of anilines is 1. The van der Waals surface area contributed by atoms with Crippen LogP contribution in [0.15, 0.2) is 6.07 Å². The second-order valence-corrected chi connectivity index (χ2v) is 9.28. The molecule has 0 aliphatic carbocycles. The van der Waals surface area contributed by atoms with Crippen LogP contribution in [0.4, 0.5) is 5.13 Å². The van der Waals surface area contributed by atoms with Crippen LogP contribution in [0.5, 0.6) is 0 Å². The molecule has 0 unspecified atom stereocenters. The first-order chi connectivity index (χ1) is 13.8. The van der Waals surface area contributed by atoms with Crippen molar-refractivity contribution in [2.75, 3.05) is 52.3 Å². The second kappa shape index (κ2) is 9.08. The van der Waals surface area contributed by atoms with E-state index in [1.807, 2.05) is 25.1 Å². The predicted molar refractivity (Wildman–Crippen MR) is 115 cm³/mol. The fourth-order valence-corrected chi connectivity index (χ4v) is 5.34. The fourth-order valence-electron chi connectivity index (χ4n) is 3.21. The summed E-state index contributed by atoms with van der Waals surface area (Å²) in [5, 5.41) is 0.903. The maximum absolute atomic E-state index is 12.7. The van der Waals surface area contributed by atoms with Gasteiger partial charge in [-0.15, -0.1) is 11.3 Å². The molecule has 1 aliphatic rings. The molecule has 0 atom stereocenters. The molecule has 0 bridgehead atoms. The number of hydrogen-bond acceptors (Lipinski definition) is 8. The minimum atomic E-state index is -0.185. The van der Waals surface area contributed by atoms with Crippen molar-refractivity contribution in [1.82, 2.24) is 14.8 Å². The van der Waals surface area contributed by atoms with Gasteiger partial charge in [0.2, 0.25) is 5.91 Å². The van der Waals surface area contributed by atoms with Crippen molar-refractivity contribution in [2.45, 2.75) is 19.8 Å². The van der Waals surface area contributed by atoms with Crippen LogP contribution in [0, 0.1) is 5.92 Å². The number of hydrogen-bond donors (Lipinski definition) is 0. The molecule has 2 amide bonds. The molecule has 8 nitrogen and oxygen atoms in total. The molecular weight excluding hydrogens is 412 g/mol. The van der Waals surface area contributed by atoms with Crippen molar-refractivity contribution in [3.8, 4) is 0 Å². The largest absolute Gasteiger partial charge is 0.466 e. The van der Waals surface area contributed by atoms with Crippen LogP contribution in [-0.4, -0.2) is 80.0 Å². The van der Waals surface area contributed by atoms with E-state index in [1.165, 1.54) is 27.6 Å². The number of likely N-dealkylation sites (tertiary alicyclic amines) is 1. The quantitative estimate of drug-likeness (QED) is 0.644. The highest BCUT2D eigenvalue weighted by molar-refractivity contribution is 7.29. The monoisotopic (exact) mass is 438 g/mol. The average Bonchev–Trinajstić information content (AvgIpc) is 3.27. The predicted octanol–water partition coefficient (Wildman–Crippen LogP) is 2.30. The summed E-state index contributed by atoms with van der Waals surface area (Å²) < 4.78 is 6.03. The summed E-state index contributed by atoms with van der Waals surface area (Å²) in [7, 11) is 5.50. The highest BCUT2D eigenvalue weighted by atomic mass is 32.1. The minimum absolute atomic E-state index is 0.0187. The van der Waals surface area contributed by atoms with Crippen LogP contribution in [0.25, 0.3) is 9.53 Å². The van der Waals surface area contributed by atoms with Crippen molar-refractivity contribution < 1.29 is 19.1 Å². The van der Waals surface area contributed by atoms with E-state index >= 15 is 0 Å². The van der Waals surface area contributed by atoms with Gasteiger partial charge in [0.05, 0.1) is 28.6 Å². The SMILES string of the molecule is CCOC(=O)C1CCN(C(=O)CN(C)C(=O)c2cc3sc(N(C)C)nc3s2)CC1. The molecular formula is C19H26N4O4S2. The van der Waals surface area contributed by atoms with E-state index < -0.39 is 0 Å². The topological polar surface area (TPSA) is 83.0 Å². The first-order valence-corrected chi connectivity index (χ1v) is 11.2. The van der Waals surface area contributed by atoms with Crippen molar-refractivity contribution >= 4 is 55.1 Å². The Morgan fingerprint density at radius 2 is 1.90 bits per heavy atom. The molecule has 2 aromatic heterocycles. The number of ether oxygens (including phenoxy) is 1. The summed E-state index contributed by atoms with van der Waals surface area (Å²) in [5.41, 5.74) is 0. The molecule has 1 fully saturated rings.